The van der Waals surface area contributed by atoms with Crippen molar-refractivity contribution < 1.29 is 4.74 Å². The smallest absolute Gasteiger partial charge is 0.0931 e. The van der Waals surface area contributed by atoms with E-state index in [-0.39, 0.29) is 5.60 Å². The van der Waals surface area contributed by atoms with Crippen molar-refractivity contribution in [2.24, 2.45) is 0 Å². The second-order valence-corrected chi connectivity index (χ2v) is 6.94. The fourth-order valence-electron chi connectivity index (χ4n) is 2.64. The minimum atomic E-state index is -0.0370. The molecule has 2 atom stereocenters. The summed E-state index contributed by atoms with van der Waals surface area (Å²) in [6.45, 7) is 6.27. The third-order valence-electron chi connectivity index (χ3n) is 3.72. The van der Waals surface area contributed by atoms with Crippen molar-refractivity contribution in [3.63, 3.8) is 0 Å². The number of halogens is 1. The molecule has 0 aromatic carbocycles. The molecular weight excluding hydrogens is 266 g/mol. The summed E-state index contributed by atoms with van der Waals surface area (Å²) in [5.74, 6) is 0. The molecule has 1 aromatic heterocycles. The van der Waals surface area contributed by atoms with Gasteiger partial charge in [-0.05, 0) is 51.3 Å². The predicted octanol–water partition coefficient (Wildman–Crippen LogP) is 3.88. The van der Waals surface area contributed by atoms with E-state index in [0.717, 1.165) is 30.3 Å². The number of hydrogen-bond donors (Lipinski definition) is 1. The summed E-state index contributed by atoms with van der Waals surface area (Å²) in [6.07, 6.45) is 4.61. The fourth-order valence-corrected chi connectivity index (χ4v) is 3.78. The summed E-state index contributed by atoms with van der Waals surface area (Å²) in [7, 11) is 0. The van der Waals surface area contributed by atoms with Gasteiger partial charge in [0.25, 0.3) is 0 Å². The van der Waals surface area contributed by atoms with Gasteiger partial charge in [0.2, 0.25) is 0 Å². The van der Waals surface area contributed by atoms with E-state index < -0.39 is 0 Å². The molecule has 18 heavy (non-hydrogen) atoms. The molecule has 0 bridgehead atoms. The Morgan fingerprint density at radius 2 is 2.33 bits per heavy atom. The lowest BCUT2D eigenvalue weighted by molar-refractivity contribution is -0.0879. The first kappa shape index (κ1) is 14.3. The first-order chi connectivity index (χ1) is 8.64. The zero-order valence-corrected chi connectivity index (χ0v) is 12.7. The molecule has 1 aliphatic heterocycles. The molecular formula is C14H22ClNOS. The number of ether oxygens (including phenoxy) is 1. The highest BCUT2D eigenvalue weighted by molar-refractivity contribution is 7.16. The zero-order chi connectivity index (χ0) is 13.0. The molecule has 0 radical (unpaired) electrons. The van der Waals surface area contributed by atoms with Crippen molar-refractivity contribution in [2.45, 2.75) is 51.2 Å². The Hall–Kier alpha value is -0.0900. The second kappa shape index (κ2) is 6.38. The Balaban J connectivity index is 2.06. The summed E-state index contributed by atoms with van der Waals surface area (Å²) in [4.78, 5) is 1.33. The molecule has 1 aromatic rings. The van der Waals surface area contributed by atoms with E-state index >= 15 is 0 Å². The first-order valence-electron chi connectivity index (χ1n) is 6.75. The van der Waals surface area contributed by atoms with E-state index in [2.05, 4.69) is 25.2 Å². The SMILES string of the molecule is CCNC(Cc1ccc(Cl)s1)C1(C)CCCCO1. The van der Waals surface area contributed by atoms with Crippen molar-refractivity contribution in [3.8, 4) is 0 Å². The standard InChI is InChI=1S/C14H22ClNOS/c1-3-16-12(10-11-6-7-13(15)18-11)14(2)8-4-5-9-17-14/h6-7,12,16H,3-5,8-10H2,1-2H3. The van der Waals surface area contributed by atoms with Crippen molar-refractivity contribution in [2.75, 3.05) is 13.2 Å². The summed E-state index contributed by atoms with van der Waals surface area (Å²) in [5, 5.41) is 3.59. The van der Waals surface area contributed by atoms with Crippen LogP contribution < -0.4 is 5.32 Å². The Kier molecular flexibility index (Phi) is 5.07. The third kappa shape index (κ3) is 3.47. The van der Waals surface area contributed by atoms with E-state index in [1.807, 2.05) is 6.07 Å². The van der Waals surface area contributed by atoms with Gasteiger partial charge in [0, 0.05) is 17.5 Å². The molecule has 2 nitrogen and oxygen atoms in total. The highest BCUT2D eigenvalue weighted by atomic mass is 35.5. The van der Waals surface area contributed by atoms with Crippen LogP contribution in [-0.4, -0.2) is 24.8 Å². The Morgan fingerprint density at radius 1 is 1.50 bits per heavy atom. The van der Waals surface area contributed by atoms with Crippen LogP contribution in [0.2, 0.25) is 4.34 Å². The van der Waals surface area contributed by atoms with Gasteiger partial charge in [0.1, 0.15) is 0 Å². The molecule has 1 N–H and O–H groups in total. The van der Waals surface area contributed by atoms with E-state index in [9.17, 15) is 0 Å². The molecule has 102 valence electrons. The fraction of sp³-hybridized carbons (Fsp3) is 0.714. The molecule has 1 aliphatic rings. The highest BCUT2D eigenvalue weighted by Crippen LogP contribution is 2.31. The van der Waals surface area contributed by atoms with Gasteiger partial charge in [-0.1, -0.05) is 18.5 Å². The summed E-state index contributed by atoms with van der Waals surface area (Å²) >= 11 is 7.68. The topological polar surface area (TPSA) is 21.3 Å². The number of thiophene rings is 1. The highest BCUT2D eigenvalue weighted by Gasteiger charge is 2.36. The van der Waals surface area contributed by atoms with E-state index in [1.165, 1.54) is 17.7 Å². The Morgan fingerprint density at radius 3 is 2.89 bits per heavy atom. The maximum atomic E-state index is 6.07. The molecule has 2 unspecified atom stereocenters. The van der Waals surface area contributed by atoms with Crippen LogP contribution in [-0.2, 0) is 11.2 Å². The third-order valence-corrected chi connectivity index (χ3v) is 4.97. The van der Waals surface area contributed by atoms with Crippen LogP contribution >= 0.6 is 22.9 Å². The maximum Gasteiger partial charge on any atom is 0.0931 e. The van der Waals surface area contributed by atoms with Crippen LogP contribution in [0.1, 0.15) is 38.0 Å². The predicted molar refractivity (Wildman–Crippen MR) is 78.7 cm³/mol. The molecule has 2 heterocycles. The van der Waals surface area contributed by atoms with Crippen LogP contribution in [0.25, 0.3) is 0 Å². The second-order valence-electron chi connectivity index (χ2n) is 5.14. The number of likely N-dealkylation sites (N-methyl/N-ethyl adjacent to an activating group) is 1. The van der Waals surface area contributed by atoms with E-state index in [1.54, 1.807) is 11.3 Å². The molecule has 0 aliphatic carbocycles. The molecule has 0 saturated carbocycles. The lowest BCUT2D eigenvalue weighted by Crippen LogP contribution is -2.53. The average Bonchev–Trinajstić information content (AvgIpc) is 2.75. The van der Waals surface area contributed by atoms with Crippen LogP contribution in [0, 0.1) is 0 Å². The van der Waals surface area contributed by atoms with E-state index in [4.69, 9.17) is 16.3 Å². The molecule has 1 fully saturated rings. The quantitative estimate of drug-likeness (QED) is 0.887. The largest absolute Gasteiger partial charge is 0.374 e. The van der Waals surface area contributed by atoms with Crippen molar-refractivity contribution >= 4 is 22.9 Å². The van der Waals surface area contributed by atoms with Gasteiger partial charge in [0.15, 0.2) is 0 Å². The molecule has 0 spiro atoms. The van der Waals surface area contributed by atoms with Crippen LogP contribution in [0.5, 0.6) is 0 Å². The van der Waals surface area contributed by atoms with Crippen LogP contribution in [0.15, 0.2) is 12.1 Å². The van der Waals surface area contributed by atoms with Crippen molar-refractivity contribution in [3.05, 3.63) is 21.3 Å². The van der Waals surface area contributed by atoms with Gasteiger partial charge in [-0.15, -0.1) is 11.3 Å². The Labute approximate surface area is 119 Å². The van der Waals surface area contributed by atoms with Gasteiger partial charge in [-0.25, -0.2) is 0 Å². The summed E-state index contributed by atoms with van der Waals surface area (Å²) < 4.78 is 6.94. The maximum absolute atomic E-state index is 6.07. The minimum Gasteiger partial charge on any atom is -0.374 e. The van der Waals surface area contributed by atoms with Gasteiger partial charge in [-0.2, -0.15) is 0 Å². The van der Waals surface area contributed by atoms with Gasteiger partial charge >= 0.3 is 0 Å². The van der Waals surface area contributed by atoms with Gasteiger partial charge in [-0.3, -0.25) is 0 Å². The van der Waals surface area contributed by atoms with Crippen LogP contribution in [0.3, 0.4) is 0 Å². The van der Waals surface area contributed by atoms with Crippen molar-refractivity contribution in [1.29, 1.82) is 0 Å². The van der Waals surface area contributed by atoms with Gasteiger partial charge in [0.05, 0.1) is 9.94 Å². The Bertz CT molecular complexity index is 374. The summed E-state index contributed by atoms with van der Waals surface area (Å²) in [5.41, 5.74) is -0.0370. The van der Waals surface area contributed by atoms with Crippen molar-refractivity contribution in [1.82, 2.24) is 5.32 Å². The van der Waals surface area contributed by atoms with E-state index in [0.29, 0.717) is 6.04 Å². The number of hydrogen-bond acceptors (Lipinski definition) is 3. The minimum absolute atomic E-state index is 0.0370. The molecule has 0 amide bonds. The zero-order valence-electron chi connectivity index (χ0n) is 11.2. The molecule has 2 rings (SSSR count). The van der Waals surface area contributed by atoms with Crippen LogP contribution in [0.4, 0.5) is 0 Å². The monoisotopic (exact) mass is 287 g/mol. The first-order valence-corrected chi connectivity index (χ1v) is 7.95. The normalized spacial score (nSPS) is 26.2. The molecule has 4 heteroatoms. The lowest BCUT2D eigenvalue weighted by Gasteiger charge is -2.41. The summed E-state index contributed by atoms with van der Waals surface area (Å²) in [6, 6.07) is 4.48. The number of rotatable bonds is 5. The number of nitrogens with one attached hydrogen (secondary N) is 1. The average molecular weight is 288 g/mol. The lowest BCUT2D eigenvalue weighted by atomic mass is 9.86. The van der Waals surface area contributed by atoms with Gasteiger partial charge < -0.3 is 10.1 Å². The molecule has 1 saturated heterocycles.